The monoisotopic (exact) mass is 488 g/mol. The maximum absolute atomic E-state index is 14.6. The van der Waals surface area contributed by atoms with E-state index in [1.807, 2.05) is 0 Å². The number of aliphatic carboxylic acids is 1. The van der Waals surface area contributed by atoms with Gasteiger partial charge in [0.1, 0.15) is 10.6 Å². The Morgan fingerprint density at radius 1 is 1.06 bits per heavy atom. The highest BCUT2D eigenvalue weighted by Gasteiger charge is 2.62. The Labute approximate surface area is 187 Å². The molecule has 2 aromatic carbocycles. The van der Waals surface area contributed by atoms with Crippen molar-refractivity contribution in [2.75, 3.05) is 0 Å². The van der Waals surface area contributed by atoms with Gasteiger partial charge in [0.25, 0.3) is 0 Å². The number of halogens is 5. The van der Waals surface area contributed by atoms with E-state index in [0.29, 0.717) is 6.92 Å². The van der Waals surface area contributed by atoms with Crippen molar-refractivity contribution in [2.24, 2.45) is 11.8 Å². The molecule has 4 rings (SSSR count). The number of sulfone groups is 1. The third-order valence-corrected chi connectivity index (χ3v) is 9.77. The summed E-state index contributed by atoms with van der Waals surface area (Å²) in [5.74, 6) is -3.59. The highest BCUT2D eigenvalue weighted by Crippen LogP contribution is 2.59. The van der Waals surface area contributed by atoms with E-state index in [1.54, 1.807) is 0 Å². The number of carbonyl (C=O) groups is 1. The topological polar surface area (TPSA) is 71.4 Å². The van der Waals surface area contributed by atoms with Gasteiger partial charge in [-0.25, -0.2) is 17.2 Å². The number of benzene rings is 2. The molecule has 178 valence electrons. The fourth-order valence-electron chi connectivity index (χ4n) is 5.43. The lowest BCUT2D eigenvalue weighted by Crippen LogP contribution is -2.45. The molecule has 4 atom stereocenters. The van der Waals surface area contributed by atoms with E-state index < -0.39 is 55.6 Å². The first-order chi connectivity index (χ1) is 15.2. The van der Waals surface area contributed by atoms with Crippen molar-refractivity contribution < 1.29 is 40.3 Å². The summed E-state index contributed by atoms with van der Waals surface area (Å²) in [7, 11) is -4.28. The van der Waals surface area contributed by atoms with Crippen LogP contribution in [0.25, 0.3) is 0 Å². The predicted molar refractivity (Wildman–Crippen MR) is 108 cm³/mol. The van der Waals surface area contributed by atoms with Gasteiger partial charge in [0.05, 0.1) is 10.8 Å². The molecule has 1 N–H and O–H groups in total. The van der Waals surface area contributed by atoms with Gasteiger partial charge in [-0.05, 0) is 79.5 Å². The number of carboxylic acid groups (broad SMARTS) is 1. The SMILES string of the molecule is CC(F)(c1ccc2c(c1)CC[C@H]1[C@@H](C(=O)O)CC[C@@]21S(=O)(=O)c1ccc(F)cc1)C(F)(F)F. The van der Waals surface area contributed by atoms with Gasteiger partial charge >= 0.3 is 12.1 Å². The molecule has 0 bridgehead atoms. The third-order valence-electron chi connectivity index (χ3n) is 7.19. The second-order valence-electron chi connectivity index (χ2n) is 8.85. The molecule has 1 fully saturated rings. The first kappa shape index (κ1) is 23.7. The number of aryl methyl sites for hydroxylation is 1. The highest BCUT2D eigenvalue weighted by atomic mass is 32.2. The maximum atomic E-state index is 14.6. The Bertz CT molecular complexity index is 1200. The van der Waals surface area contributed by atoms with Gasteiger partial charge in [-0.15, -0.1) is 0 Å². The molecule has 0 amide bonds. The van der Waals surface area contributed by atoms with Crippen LogP contribution in [0.5, 0.6) is 0 Å². The molecule has 0 saturated heterocycles. The first-order valence-corrected chi connectivity index (χ1v) is 11.8. The van der Waals surface area contributed by atoms with Gasteiger partial charge < -0.3 is 5.11 Å². The van der Waals surface area contributed by atoms with Crippen LogP contribution in [-0.4, -0.2) is 25.7 Å². The van der Waals surface area contributed by atoms with Crippen LogP contribution in [0.3, 0.4) is 0 Å². The second kappa shape index (κ2) is 7.51. The Morgan fingerprint density at radius 3 is 2.27 bits per heavy atom. The molecule has 4 nitrogen and oxygen atoms in total. The van der Waals surface area contributed by atoms with Crippen molar-refractivity contribution in [2.45, 2.75) is 54.1 Å². The molecule has 0 radical (unpaired) electrons. The van der Waals surface area contributed by atoms with E-state index in [0.717, 1.165) is 36.4 Å². The number of hydrogen-bond donors (Lipinski definition) is 1. The summed E-state index contributed by atoms with van der Waals surface area (Å²) >= 11 is 0. The van der Waals surface area contributed by atoms with Crippen LogP contribution in [-0.2, 0) is 31.5 Å². The summed E-state index contributed by atoms with van der Waals surface area (Å²) in [6, 6.07) is 7.29. The molecule has 0 spiro atoms. The lowest BCUT2D eigenvalue weighted by Gasteiger charge is -2.42. The number of hydrogen-bond acceptors (Lipinski definition) is 3. The average molecular weight is 488 g/mol. The van der Waals surface area contributed by atoms with E-state index in [4.69, 9.17) is 0 Å². The van der Waals surface area contributed by atoms with Gasteiger partial charge in [-0.3, -0.25) is 4.79 Å². The number of carboxylic acids is 1. The summed E-state index contributed by atoms with van der Waals surface area (Å²) in [4.78, 5) is 11.7. The zero-order chi connectivity index (χ0) is 24.4. The number of rotatable bonds is 4. The van der Waals surface area contributed by atoms with Gasteiger partial charge in [0.15, 0.2) is 9.84 Å². The van der Waals surface area contributed by atoms with Crippen LogP contribution < -0.4 is 0 Å². The van der Waals surface area contributed by atoms with Gasteiger partial charge in [-0.2, -0.15) is 13.2 Å². The van der Waals surface area contributed by atoms with Crippen molar-refractivity contribution in [1.82, 2.24) is 0 Å². The second-order valence-corrected chi connectivity index (χ2v) is 11.1. The molecule has 0 aromatic heterocycles. The standard InChI is InChI=1S/C23H21F5O4S/c1-21(25,23(26,27)28)14-3-9-18-13(12-14)2-8-19-17(20(29)30)10-11-22(18,19)33(31,32)16-6-4-15(24)5-7-16/h3-7,9,12,17,19H,2,8,10-11H2,1H3,(H,29,30)/t17-,19-,21?,22+/m0/s1. The van der Waals surface area contributed by atoms with Gasteiger partial charge in [0, 0.05) is 0 Å². The van der Waals surface area contributed by atoms with Crippen LogP contribution in [0.2, 0.25) is 0 Å². The molecule has 10 heteroatoms. The quantitative estimate of drug-likeness (QED) is 0.469. The van der Waals surface area contributed by atoms with Gasteiger partial charge in [0.2, 0.25) is 5.67 Å². The van der Waals surface area contributed by atoms with E-state index >= 15 is 0 Å². The van der Waals surface area contributed by atoms with Crippen molar-refractivity contribution in [3.05, 3.63) is 65.0 Å². The number of fused-ring (bicyclic) bond motifs is 3. The highest BCUT2D eigenvalue weighted by molar-refractivity contribution is 7.92. The summed E-state index contributed by atoms with van der Waals surface area (Å²) < 4.78 is 93.9. The van der Waals surface area contributed by atoms with Crippen molar-refractivity contribution in [3.8, 4) is 0 Å². The zero-order valence-corrected chi connectivity index (χ0v) is 18.3. The molecule has 33 heavy (non-hydrogen) atoms. The summed E-state index contributed by atoms with van der Waals surface area (Å²) in [5, 5.41) is 9.71. The largest absolute Gasteiger partial charge is 0.481 e. The summed E-state index contributed by atoms with van der Waals surface area (Å²) in [5.41, 5.74) is -3.85. The molecule has 1 saturated carbocycles. The maximum Gasteiger partial charge on any atom is 0.426 e. The van der Waals surface area contributed by atoms with E-state index in [9.17, 15) is 40.3 Å². The van der Waals surface area contributed by atoms with Crippen LogP contribution >= 0.6 is 0 Å². The molecule has 0 heterocycles. The van der Waals surface area contributed by atoms with E-state index in [-0.39, 0.29) is 41.7 Å². The molecule has 0 aliphatic heterocycles. The fraction of sp³-hybridized carbons (Fsp3) is 0.435. The Balaban J connectivity index is 1.94. The third kappa shape index (κ3) is 3.36. The molecule has 2 aliphatic carbocycles. The fourth-order valence-corrected chi connectivity index (χ4v) is 7.90. The van der Waals surface area contributed by atoms with Crippen LogP contribution in [0.4, 0.5) is 22.0 Å². The smallest absolute Gasteiger partial charge is 0.426 e. The Kier molecular flexibility index (Phi) is 5.39. The normalized spacial score (nSPS) is 26.8. The predicted octanol–water partition coefficient (Wildman–Crippen LogP) is 5.30. The minimum absolute atomic E-state index is 0.0605. The van der Waals surface area contributed by atoms with Crippen LogP contribution in [0.15, 0.2) is 47.4 Å². The molecular weight excluding hydrogens is 467 g/mol. The molecular formula is C23H21F5O4S. The minimum atomic E-state index is -5.17. The molecule has 1 unspecified atom stereocenters. The Hall–Kier alpha value is -2.49. The summed E-state index contributed by atoms with van der Waals surface area (Å²) in [6.07, 6.45) is -4.95. The van der Waals surface area contributed by atoms with Crippen LogP contribution in [0.1, 0.15) is 42.9 Å². The molecule has 2 aliphatic rings. The van der Waals surface area contributed by atoms with Crippen molar-refractivity contribution >= 4 is 15.8 Å². The van der Waals surface area contributed by atoms with Crippen LogP contribution in [0, 0.1) is 17.7 Å². The Morgan fingerprint density at radius 2 is 1.70 bits per heavy atom. The van der Waals surface area contributed by atoms with E-state index in [2.05, 4.69) is 0 Å². The number of alkyl halides is 4. The first-order valence-electron chi connectivity index (χ1n) is 10.4. The molecule has 2 aromatic rings. The van der Waals surface area contributed by atoms with Crippen molar-refractivity contribution in [3.63, 3.8) is 0 Å². The van der Waals surface area contributed by atoms with Gasteiger partial charge in [-0.1, -0.05) is 18.2 Å². The van der Waals surface area contributed by atoms with E-state index in [1.165, 1.54) is 6.07 Å². The minimum Gasteiger partial charge on any atom is -0.481 e. The summed E-state index contributed by atoms with van der Waals surface area (Å²) in [6.45, 7) is 0.404. The lowest BCUT2D eigenvalue weighted by molar-refractivity contribution is -0.228. The zero-order valence-electron chi connectivity index (χ0n) is 17.5. The average Bonchev–Trinajstić information content (AvgIpc) is 3.15. The lowest BCUT2D eigenvalue weighted by atomic mass is 9.72. The van der Waals surface area contributed by atoms with Crippen molar-refractivity contribution in [1.29, 1.82) is 0 Å².